The second-order valence-corrected chi connectivity index (χ2v) is 4.66. The van der Waals surface area contributed by atoms with Crippen molar-refractivity contribution in [1.82, 2.24) is 0 Å². The molecule has 0 bridgehead atoms. The number of hydrogen-bond acceptors (Lipinski definition) is 5. The predicted octanol–water partition coefficient (Wildman–Crippen LogP) is 3.15. The lowest BCUT2D eigenvalue weighted by Crippen LogP contribution is -2.13. The summed E-state index contributed by atoms with van der Waals surface area (Å²) in [4.78, 5) is 12.2. The van der Waals surface area contributed by atoms with E-state index >= 15 is 0 Å². The number of methoxy groups -OCH3 is 2. The molecular weight excluding hydrogens is 296 g/mol. The second kappa shape index (κ2) is 7.18. The highest BCUT2D eigenvalue weighted by molar-refractivity contribution is 6.09. The number of carbonyl (C=O) groups excluding carboxylic acids is 1. The summed E-state index contributed by atoms with van der Waals surface area (Å²) in [5.41, 5.74) is 1.28. The van der Waals surface area contributed by atoms with Gasteiger partial charge in [0, 0.05) is 17.8 Å². The van der Waals surface area contributed by atoms with Gasteiger partial charge in [-0.25, -0.2) is 0 Å². The minimum atomic E-state index is -0.532. The number of nitrogens with zero attached hydrogens (tertiary/aromatic N) is 1. The number of nitriles is 1. The predicted molar refractivity (Wildman–Crippen MR) is 85.2 cm³/mol. The lowest BCUT2D eigenvalue weighted by molar-refractivity contribution is -0.112. The van der Waals surface area contributed by atoms with Crippen molar-refractivity contribution in [2.75, 3.05) is 19.5 Å². The molecule has 1 heterocycles. The third-order valence-corrected chi connectivity index (χ3v) is 3.18. The second-order valence-electron chi connectivity index (χ2n) is 4.66. The zero-order valence-corrected chi connectivity index (χ0v) is 13.0. The summed E-state index contributed by atoms with van der Waals surface area (Å²) in [6.45, 7) is 1.83. The SMILES string of the molecule is COc1ccc(NC(=O)/C(C#N)=C/c2occc2C)cc1OC. The number of benzene rings is 1. The lowest BCUT2D eigenvalue weighted by Gasteiger charge is -2.10. The largest absolute Gasteiger partial charge is 0.493 e. The van der Waals surface area contributed by atoms with E-state index in [4.69, 9.17) is 13.9 Å². The van der Waals surface area contributed by atoms with Crippen LogP contribution in [0.5, 0.6) is 11.5 Å². The molecule has 0 radical (unpaired) electrons. The quantitative estimate of drug-likeness (QED) is 0.677. The van der Waals surface area contributed by atoms with Crippen LogP contribution in [0, 0.1) is 18.3 Å². The van der Waals surface area contributed by atoms with E-state index in [0.717, 1.165) is 5.56 Å². The van der Waals surface area contributed by atoms with Crippen LogP contribution in [0.4, 0.5) is 5.69 Å². The first-order chi connectivity index (χ1) is 11.1. The Labute approximate surface area is 133 Å². The fraction of sp³-hybridized carbons (Fsp3) is 0.176. The van der Waals surface area contributed by atoms with Crippen LogP contribution in [0.2, 0.25) is 0 Å². The number of rotatable bonds is 5. The van der Waals surface area contributed by atoms with E-state index in [1.54, 1.807) is 24.3 Å². The van der Waals surface area contributed by atoms with E-state index < -0.39 is 5.91 Å². The van der Waals surface area contributed by atoms with E-state index in [0.29, 0.717) is 22.9 Å². The van der Waals surface area contributed by atoms with Crippen LogP contribution in [0.15, 0.2) is 40.5 Å². The molecule has 2 aromatic rings. The van der Waals surface area contributed by atoms with E-state index in [9.17, 15) is 10.1 Å². The van der Waals surface area contributed by atoms with Crippen molar-refractivity contribution in [3.05, 3.63) is 47.4 Å². The number of carbonyl (C=O) groups is 1. The summed E-state index contributed by atoms with van der Waals surface area (Å²) in [5, 5.41) is 11.8. The molecule has 6 nitrogen and oxygen atoms in total. The summed E-state index contributed by atoms with van der Waals surface area (Å²) >= 11 is 0. The Morgan fingerprint density at radius 2 is 2.00 bits per heavy atom. The summed E-state index contributed by atoms with van der Waals surface area (Å²) in [5.74, 6) is 0.974. The molecule has 0 aliphatic rings. The number of hydrogen-bond donors (Lipinski definition) is 1. The number of ether oxygens (including phenoxy) is 2. The molecule has 0 atom stereocenters. The summed E-state index contributed by atoms with van der Waals surface area (Å²) in [7, 11) is 3.03. The molecule has 0 aliphatic carbocycles. The zero-order chi connectivity index (χ0) is 16.8. The number of nitrogens with one attached hydrogen (secondary N) is 1. The molecular formula is C17H16N2O4. The van der Waals surface area contributed by atoms with Crippen molar-refractivity contribution < 1.29 is 18.7 Å². The van der Waals surface area contributed by atoms with Crippen molar-refractivity contribution in [2.24, 2.45) is 0 Å². The van der Waals surface area contributed by atoms with Gasteiger partial charge in [0.1, 0.15) is 17.4 Å². The minimum Gasteiger partial charge on any atom is -0.493 e. The Bertz CT molecular complexity index is 784. The molecule has 1 aromatic heterocycles. The van der Waals surface area contributed by atoms with Crippen LogP contribution in [0.25, 0.3) is 6.08 Å². The van der Waals surface area contributed by atoms with Crippen molar-refractivity contribution in [2.45, 2.75) is 6.92 Å². The zero-order valence-electron chi connectivity index (χ0n) is 13.0. The highest BCUT2D eigenvalue weighted by Crippen LogP contribution is 2.29. The summed E-state index contributed by atoms with van der Waals surface area (Å²) in [6.07, 6.45) is 2.91. The average Bonchev–Trinajstić information content (AvgIpc) is 2.97. The molecule has 0 unspecified atom stereocenters. The van der Waals surface area contributed by atoms with Crippen LogP contribution in [-0.4, -0.2) is 20.1 Å². The maximum Gasteiger partial charge on any atom is 0.266 e. The van der Waals surface area contributed by atoms with Crippen LogP contribution in [0.3, 0.4) is 0 Å². The van der Waals surface area contributed by atoms with Gasteiger partial charge in [-0.2, -0.15) is 5.26 Å². The maximum absolute atomic E-state index is 12.2. The molecule has 1 aromatic carbocycles. The van der Waals surface area contributed by atoms with Gasteiger partial charge in [0.05, 0.1) is 20.5 Å². The highest BCUT2D eigenvalue weighted by atomic mass is 16.5. The van der Waals surface area contributed by atoms with Gasteiger partial charge in [-0.15, -0.1) is 0 Å². The monoisotopic (exact) mass is 312 g/mol. The first kappa shape index (κ1) is 16.2. The smallest absolute Gasteiger partial charge is 0.266 e. The molecule has 118 valence electrons. The molecule has 1 N–H and O–H groups in total. The summed E-state index contributed by atoms with van der Waals surface area (Å²) in [6, 6.07) is 8.57. The minimum absolute atomic E-state index is 0.0576. The van der Waals surface area contributed by atoms with Crippen molar-refractivity contribution >= 4 is 17.7 Å². The first-order valence-electron chi connectivity index (χ1n) is 6.78. The van der Waals surface area contributed by atoms with E-state index in [2.05, 4.69) is 5.32 Å². The van der Waals surface area contributed by atoms with Crippen LogP contribution in [-0.2, 0) is 4.79 Å². The Morgan fingerprint density at radius 1 is 1.26 bits per heavy atom. The van der Waals surface area contributed by atoms with Gasteiger partial charge in [0.25, 0.3) is 5.91 Å². The summed E-state index contributed by atoms with van der Waals surface area (Å²) < 4.78 is 15.5. The van der Waals surface area contributed by atoms with Crippen molar-refractivity contribution in [3.63, 3.8) is 0 Å². The van der Waals surface area contributed by atoms with Gasteiger partial charge >= 0.3 is 0 Å². The fourth-order valence-corrected chi connectivity index (χ4v) is 1.92. The third-order valence-electron chi connectivity index (χ3n) is 3.18. The van der Waals surface area contributed by atoms with Gasteiger partial charge in [0.15, 0.2) is 11.5 Å². The highest BCUT2D eigenvalue weighted by Gasteiger charge is 2.13. The first-order valence-corrected chi connectivity index (χ1v) is 6.78. The van der Waals surface area contributed by atoms with E-state index in [-0.39, 0.29) is 5.57 Å². The molecule has 0 spiro atoms. The lowest BCUT2D eigenvalue weighted by atomic mass is 10.2. The van der Waals surface area contributed by atoms with Crippen LogP contribution < -0.4 is 14.8 Å². The van der Waals surface area contributed by atoms with Crippen molar-refractivity contribution in [3.8, 4) is 17.6 Å². The van der Waals surface area contributed by atoms with Gasteiger partial charge in [-0.05, 0) is 30.7 Å². The standard InChI is InChI=1S/C17H16N2O4/c1-11-6-7-23-15(11)8-12(10-18)17(20)19-13-4-5-14(21-2)16(9-13)22-3/h4-9H,1-3H3,(H,19,20)/b12-8+. The van der Waals surface area contributed by atoms with E-state index in [1.807, 2.05) is 13.0 Å². The van der Waals surface area contributed by atoms with Gasteiger partial charge in [-0.3, -0.25) is 4.79 Å². The normalized spacial score (nSPS) is 10.8. The average molecular weight is 312 g/mol. The number of anilines is 1. The molecule has 0 fully saturated rings. The number of aryl methyl sites for hydroxylation is 1. The van der Waals surface area contributed by atoms with E-state index in [1.165, 1.54) is 26.6 Å². The van der Waals surface area contributed by atoms with Gasteiger partial charge in [-0.1, -0.05) is 0 Å². The van der Waals surface area contributed by atoms with Crippen molar-refractivity contribution in [1.29, 1.82) is 5.26 Å². The molecule has 0 saturated carbocycles. The number of amides is 1. The third kappa shape index (κ3) is 3.71. The molecule has 0 aliphatic heterocycles. The molecule has 6 heteroatoms. The Balaban J connectivity index is 2.22. The maximum atomic E-state index is 12.2. The van der Waals surface area contributed by atoms with Gasteiger partial charge in [0.2, 0.25) is 0 Å². The number of furan rings is 1. The molecule has 2 rings (SSSR count). The molecule has 1 amide bonds. The van der Waals surface area contributed by atoms with Crippen LogP contribution >= 0.6 is 0 Å². The topological polar surface area (TPSA) is 84.5 Å². The Kier molecular flexibility index (Phi) is 5.05. The molecule has 23 heavy (non-hydrogen) atoms. The Hall–Kier alpha value is -3.20. The fourth-order valence-electron chi connectivity index (χ4n) is 1.92. The molecule has 0 saturated heterocycles. The Morgan fingerprint density at radius 3 is 2.57 bits per heavy atom. The van der Waals surface area contributed by atoms with Crippen LogP contribution in [0.1, 0.15) is 11.3 Å². The van der Waals surface area contributed by atoms with Gasteiger partial charge < -0.3 is 19.2 Å².